The van der Waals surface area contributed by atoms with Crippen LogP contribution in [0.4, 0.5) is 29.0 Å². The standard InChI is InChI=1S/C28H33N7O2/c1-3-14-35-15-6-7-19(17-35)18-10-11-23(24(16-18)37-2)32-28-33-26-21(12-13-30-26)27(34-28)31-22-9-5-4-8-20(22)25(29)36/h4-5,7-11,16H,3,6,12-15,17H2,1-2H3,(H2,29,36)(H3,30,31,32,33,34). The van der Waals surface area contributed by atoms with Gasteiger partial charge in [0.05, 0.1) is 24.0 Å². The molecular weight excluding hydrogens is 466 g/mol. The molecule has 5 N–H and O–H groups in total. The lowest BCUT2D eigenvalue weighted by molar-refractivity contribution is 0.100. The number of methoxy groups -OCH3 is 1. The summed E-state index contributed by atoms with van der Waals surface area (Å²) in [6.45, 7) is 6.15. The Labute approximate surface area is 217 Å². The molecule has 192 valence electrons. The molecule has 0 bridgehead atoms. The third kappa shape index (κ3) is 5.36. The summed E-state index contributed by atoms with van der Waals surface area (Å²) in [5.41, 5.74) is 10.8. The molecule has 0 saturated heterocycles. The minimum Gasteiger partial charge on any atom is -0.495 e. The van der Waals surface area contributed by atoms with Crippen LogP contribution in [0.25, 0.3) is 5.57 Å². The van der Waals surface area contributed by atoms with E-state index < -0.39 is 5.91 Å². The number of rotatable bonds is 9. The molecule has 0 spiro atoms. The first-order chi connectivity index (χ1) is 18.1. The number of fused-ring (bicyclic) bond motifs is 1. The van der Waals surface area contributed by atoms with Crippen molar-refractivity contribution >= 4 is 40.4 Å². The minimum atomic E-state index is -0.499. The van der Waals surface area contributed by atoms with E-state index in [1.165, 1.54) is 5.57 Å². The molecule has 1 aromatic heterocycles. The number of carbonyl (C=O) groups is 1. The molecule has 2 aliphatic heterocycles. The summed E-state index contributed by atoms with van der Waals surface area (Å²) < 4.78 is 5.74. The predicted molar refractivity (Wildman–Crippen MR) is 148 cm³/mol. The van der Waals surface area contributed by atoms with Gasteiger partial charge in [-0.05, 0) is 61.2 Å². The molecule has 9 heteroatoms. The Balaban J connectivity index is 1.42. The van der Waals surface area contributed by atoms with E-state index >= 15 is 0 Å². The average molecular weight is 500 g/mol. The maximum Gasteiger partial charge on any atom is 0.250 e. The van der Waals surface area contributed by atoms with Crippen LogP contribution in [-0.4, -0.2) is 54.1 Å². The highest BCUT2D eigenvalue weighted by atomic mass is 16.5. The van der Waals surface area contributed by atoms with Crippen LogP contribution in [-0.2, 0) is 6.42 Å². The van der Waals surface area contributed by atoms with E-state index in [9.17, 15) is 4.79 Å². The highest BCUT2D eigenvalue weighted by Crippen LogP contribution is 2.35. The molecule has 9 nitrogen and oxygen atoms in total. The lowest BCUT2D eigenvalue weighted by Crippen LogP contribution is -2.30. The molecule has 3 heterocycles. The molecule has 0 saturated carbocycles. The van der Waals surface area contributed by atoms with Gasteiger partial charge >= 0.3 is 0 Å². The second-order valence-corrected chi connectivity index (χ2v) is 9.27. The van der Waals surface area contributed by atoms with Gasteiger partial charge in [0.1, 0.15) is 17.4 Å². The summed E-state index contributed by atoms with van der Waals surface area (Å²) in [5.74, 6) is 2.03. The molecule has 0 fully saturated rings. The number of anilines is 5. The molecule has 2 aromatic carbocycles. The van der Waals surface area contributed by atoms with E-state index in [1.807, 2.05) is 18.2 Å². The first-order valence-electron chi connectivity index (χ1n) is 12.7. The molecule has 2 aliphatic rings. The van der Waals surface area contributed by atoms with Gasteiger partial charge in [-0.1, -0.05) is 31.2 Å². The number of ether oxygens (including phenoxy) is 1. The third-order valence-corrected chi connectivity index (χ3v) is 6.71. The number of benzene rings is 2. The van der Waals surface area contributed by atoms with Crippen LogP contribution < -0.4 is 26.4 Å². The van der Waals surface area contributed by atoms with Gasteiger partial charge < -0.3 is 26.4 Å². The second-order valence-electron chi connectivity index (χ2n) is 9.27. The number of carbonyl (C=O) groups excluding carboxylic acids is 1. The monoisotopic (exact) mass is 499 g/mol. The Morgan fingerprint density at radius 1 is 1.16 bits per heavy atom. The molecule has 0 atom stereocenters. The van der Waals surface area contributed by atoms with Crippen LogP contribution in [0, 0.1) is 0 Å². The number of aromatic nitrogens is 2. The Morgan fingerprint density at radius 3 is 2.84 bits per heavy atom. The number of nitrogens with two attached hydrogens (primary N) is 1. The largest absolute Gasteiger partial charge is 0.495 e. The number of primary amides is 1. The van der Waals surface area contributed by atoms with Gasteiger partial charge in [-0.2, -0.15) is 9.97 Å². The Bertz CT molecular complexity index is 1340. The van der Waals surface area contributed by atoms with Crippen molar-refractivity contribution in [2.24, 2.45) is 5.73 Å². The van der Waals surface area contributed by atoms with Crippen molar-refractivity contribution in [1.29, 1.82) is 0 Å². The van der Waals surface area contributed by atoms with E-state index in [4.69, 9.17) is 15.5 Å². The van der Waals surface area contributed by atoms with E-state index in [0.29, 0.717) is 23.0 Å². The topological polar surface area (TPSA) is 117 Å². The number of nitrogens with zero attached hydrogens (tertiary/aromatic N) is 3. The molecule has 0 aliphatic carbocycles. The van der Waals surface area contributed by atoms with Crippen molar-refractivity contribution in [3.63, 3.8) is 0 Å². The molecule has 5 rings (SSSR count). The van der Waals surface area contributed by atoms with E-state index in [-0.39, 0.29) is 0 Å². The normalized spacial score (nSPS) is 14.9. The summed E-state index contributed by atoms with van der Waals surface area (Å²) in [6.07, 6.45) is 5.31. The van der Waals surface area contributed by atoms with Crippen molar-refractivity contribution in [3.05, 3.63) is 65.2 Å². The zero-order valence-electron chi connectivity index (χ0n) is 21.3. The lowest BCUT2D eigenvalue weighted by Gasteiger charge is -2.27. The van der Waals surface area contributed by atoms with Crippen LogP contribution in [0.5, 0.6) is 5.75 Å². The fourth-order valence-corrected chi connectivity index (χ4v) is 4.90. The van der Waals surface area contributed by atoms with Gasteiger partial charge in [-0.25, -0.2) is 0 Å². The molecular formula is C28H33N7O2. The van der Waals surface area contributed by atoms with Crippen molar-refractivity contribution in [2.75, 3.05) is 49.2 Å². The summed E-state index contributed by atoms with van der Waals surface area (Å²) >= 11 is 0. The van der Waals surface area contributed by atoms with Crippen LogP contribution in [0.15, 0.2) is 48.5 Å². The van der Waals surface area contributed by atoms with Crippen LogP contribution in [0.3, 0.4) is 0 Å². The van der Waals surface area contributed by atoms with Crippen molar-refractivity contribution in [3.8, 4) is 5.75 Å². The number of hydrogen-bond acceptors (Lipinski definition) is 8. The number of nitrogens with one attached hydrogen (secondary N) is 3. The van der Waals surface area contributed by atoms with Crippen molar-refractivity contribution < 1.29 is 9.53 Å². The first kappa shape index (κ1) is 24.6. The van der Waals surface area contributed by atoms with Gasteiger partial charge in [0.15, 0.2) is 0 Å². The highest BCUT2D eigenvalue weighted by Gasteiger charge is 2.21. The third-order valence-electron chi connectivity index (χ3n) is 6.71. The van der Waals surface area contributed by atoms with Gasteiger partial charge in [0.2, 0.25) is 5.95 Å². The van der Waals surface area contributed by atoms with Crippen LogP contribution in [0.2, 0.25) is 0 Å². The van der Waals surface area contributed by atoms with Gasteiger partial charge in [0.25, 0.3) is 5.91 Å². The first-order valence-corrected chi connectivity index (χ1v) is 12.7. The molecule has 3 aromatic rings. The van der Waals surface area contributed by atoms with Crippen molar-refractivity contribution in [2.45, 2.75) is 26.2 Å². The Hall–Kier alpha value is -4.11. The van der Waals surface area contributed by atoms with E-state index in [2.05, 4.69) is 51.0 Å². The van der Waals surface area contributed by atoms with E-state index in [0.717, 1.165) is 73.8 Å². The summed E-state index contributed by atoms with van der Waals surface area (Å²) in [7, 11) is 1.67. The number of para-hydroxylation sites is 1. The average Bonchev–Trinajstić information content (AvgIpc) is 3.38. The zero-order valence-corrected chi connectivity index (χ0v) is 21.3. The zero-order chi connectivity index (χ0) is 25.8. The lowest BCUT2D eigenvalue weighted by atomic mass is 10.00. The van der Waals surface area contributed by atoms with E-state index in [1.54, 1.807) is 19.2 Å². The summed E-state index contributed by atoms with van der Waals surface area (Å²) in [5, 5.41) is 9.95. The summed E-state index contributed by atoms with van der Waals surface area (Å²) in [4.78, 5) is 23.9. The summed E-state index contributed by atoms with van der Waals surface area (Å²) in [6, 6.07) is 13.3. The van der Waals surface area contributed by atoms with Crippen LogP contribution >= 0.6 is 0 Å². The Morgan fingerprint density at radius 2 is 2.03 bits per heavy atom. The smallest absolute Gasteiger partial charge is 0.250 e. The fraction of sp³-hybridized carbons (Fsp3) is 0.321. The highest BCUT2D eigenvalue weighted by molar-refractivity contribution is 5.99. The maximum absolute atomic E-state index is 11.9. The van der Waals surface area contributed by atoms with Gasteiger partial charge in [-0.3, -0.25) is 9.69 Å². The predicted octanol–water partition coefficient (Wildman–Crippen LogP) is 4.54. The number of amides is 1. The quantitative estimate of drug-likeness (QED) is 0.339. The molecule has 0 unspecified atom stereocenters. The maximum atomic E-state index is 11.9. The van der Waals surface area contributed by atoms with Crippen LogP contribution in [0.1, 0.15) is 41.3 Å². The number of hydrogen-bond donors (Lipinski definition) is 4. The molecule has 1 amide bonds. The molecule has 37 heavy (non-hydrogen) atoms. The van der Waals surface area contributed by atoms with Gasteiger partial charge in [0, 0.05) is 25.2 Å². The fourth-order valence-electron chi connectivity index (χ4n) is 4.90. The van der Waals surface area contributed by atoms with Gasteiger partial charge in [-0.15, -0.1) is 0 Å². The second kappa shape index (κ2) is 10.9. The Kier molecular flexibility index (Phi) is 7.23. The SMILES string of the molecule is CCCN1CCC=C(c2ccc(Nc3nc4c(c(Nc5ccccc5C(N)=O)n3)CCN4)c(OC)c2)C1. The van der Waals surface area contributed by atoms with Crippen molar-refractivity contribution in [1.82, 2.24) is 14.9 Å². The molecule has 0 radical (unpaired) electrons. The minimum absolute atomic E-state index is 0.405.